The van der Waals surface area contributed by atoms with Crippen LogP contribution in [0.1, 0.15) is 26.7 Å². The molecule has 0 saturated heterocycles. The summed E-state index contributed by atoms with van der Waals surface area (Å²) in [5.74, 6) is 0.590. The molecule has 0 heterocycles. The summed E-state index contributed by atoms with van der Waals surface area (Å²) in [6.45, 7) is 7.70. The topological polar surface area (TPSA) is 23.9 Å². The van der Waals surface area contributed by atoms with Gasteiger partial charge >= 0.3 is 0 Å². The first-order valence-corrected chi connectivity index (χ1v) is 3.00. The lowest BCUT2D eigenvalue weighted by Crippen LogP contribution is -1.98. The van der Waals surface area contributed by atoms with Crippen molar-refractivity contribution in [3.05, 3.63) is 6.92 Å². The van der Waals surface area contributed by atoms with Crippen molar-refractivity contribution < 1.29 is 0 Å². The zero-order valence-electron chi connectivity index (χ0n) is 5.70. The molecule has 0 fully saturated rings. The van der Waals surface area contributed by atoms with Crippen molar-refractivity contribution in [3.63, 3.8) is 0 Å². The summed E-state index contributed by atoms with van der Waals surface area (Å²) in [5.41, 5.74) is 0.765. The van der Waals surface area contributed by atoms with Gasteiger partial charge in [-0.15, -0.1) is 0 Å². The Hall–Kier alpha value is -0.330. The van der Waals surface area contributed by atoms with Crippen molar-refractivity contribution in [2.45, 2.75) is 26.7 Å². The Bertz CT molecular complexity index is 76.5. The van der Waals surface area contributed by atoms with E-state index < -0.39 is 0 Å². The number of hydrogen-bond acceptors (Lipinski definition) is 1. The quantitative estimate of drug-likeness (QED) is 0.541. The third-order valence-corrected chi connectivity index (χ3v) is 1.15. The molecule has 0 aliphatic heterocycles. The average molecular weight is 112 g/mol. The second kappa shape index (κ2) is 3.65. The van der Waals surface area contributed by atoms with E-state index in [4.69, 9.17) is 5.41 Å². The molecule has 1 heteroatoms. The van der Waals surface area contributed by atoms with Gasteiger partial charge in [0, 0.05) is 5.71 Å². The molecule has 0 aromatic rings. The molecule has 0 saturated carbocycles. The van der Waals surface area contributed by atoms with Crippen LogP contribution in [0, 0.1) is 18.3 Å². The SMILES string of the molecule is [CH2]CC(C)CC(C)=N. The third kappa shape index (κ3) is 3.85. The minimum absolute atomic E-state index is 0.590. The highest BCUT2D eigenvalue weighted by Crippen LogP contribution is 2.05. The molecule has 0 aromatic heterocycles. The molecule has 0 aliphatic rings. The van der Waals surface area contributed by atoms with Gasteiger partial charge in [0.25, 0.3) is 0 Å². The monoisotopic (exact) mass is 112 g/mol. The van der Waals surface area contributed by atoms with Crippen LogP contribution in [0.25, 0.3) is 0 Å². The molecular weight excluding hydrogens is 98.1 g/mol. The van der Waals surface area contributed by atoms with Gasteiger partial charge in [0.05, 0.1) is 0 Å². The maximum absolute atomic E-state index is 7.10. The van der Waals surface area contributed by atoms with Gasteiger partial charge in [0.2, 0.25) is 0 Å². The van der Waals surface area contributed by atoms with Crippen LogP contribution >= 0.6 is 0 Å². The number of nitrogens with one attached hydrogen (secondary N) is 1. The largest absolute Gasteiger partial charge is 0.310 e. The molecule has 0 aliphatic carbocycles. The summed E-state index contributed by atoms with van der Waals surface area (Å²) < 4.78 is 0. The van der Waals surface area contributed by atoms with Gasteiger partial charge in [-0.05, 0) is 19.3 Å². The fraction of sp³-hybridized carbons (Fsp3) is 0.714. The van der Waals surface area contributed by atoms with Gasteiger partial charge in [0.1, 0.15) is 0 Å². The van der Waals surface area contributed by atoms with Crippen LogP contribution in [-0.4, -0.2) is 5.71 Å². The predicted molar refractivity (Wildman–Crippen MR) is 37.2 cm³/mol. The highest BCUT2D eigenvalue weighted by atomic mass is 14.4. The first-order valence-electron chi connectivity index (χ1n) is 3.00. The zero-order valence-corrected chi connectivity index (χ0v) is 5.70. The average Bonchev–Trinajstić information content (AvgIpc) is 1.65. The molecular formula is C7H14N. The van der Waals surface area contributed by atoms with Gasteiger partial charge in [-0.3, -0.25) is 0 Å². The molecule has 0 aromatic carbocycles. The second-order valence-electron chi connectivity index (χ2n) is 2.38. The van der Waals surface area contributed by atoms with E-state index >= 15 is 0 Å². The maximum atomic E-state index is 7.10. The molecule has 1 nitrogen and oxygen atoms in total. The Morgan fingerprint density at radius 1 is 1.75 bits per heavy atom. The minimum atomic E-state index is 0.590. The van der Waals surface area contributed by atoms with Crippen LogP contribution in [0.5, 0.6) is 0 Å². The van der Waals surface area contributed by atoms with Crippen LogP contribution < -0.4 is 0 Å². The van der Waals surface area contributed by atoms with Crippen molar-refractivity contribution >= 4 is 5.71 Å². The summed E-state index contributed by atoms with van der Waals surface area (Å²) in [4.78, 5) is 0. The molecule has 0 amide bonds. The predicted octanol–water partition coefficient (Wildman–Crippen LogP) is 2.28. The van der Waals surface area contributed by atoms with Gasteiger partial charge in [0.15, 0.2) is 0 Å². The molecule has 1 radical (unpaired) electrons. The Balaban J connectivity index is 3.24. The van der Waals surface area contributed by atoms with Crippen LogP contribution in [0.3, 0.4) is 0 Å². The summed E-state index contributed by atoms with van der Waals surface area (Å²) in [6, 6.07) is 0. The molecule has 1 N–H and O–H groups in total. The van der Waals surface area contributed by atoms with E-state index in [0.717, 1.165) is 18.6 Å². The zero-order chi connectivity index (χ0) is 6.57. The van der Waals surface area contributed by atoms with E-state index in [9.17, 15) is 0 Å². The fourth-order valence-electron chi connectivity index (χ4n) is 0.625. The third-order valence-electron chi connectivity index (χ3n) is 1.15. The van der Waals surface area contributed by atoms with E-state index in [1.165, 1.54) is 0 Å². The molecule has 47 valence electrons. The van der Waals surface area contributed by atoms with Crippen molar-refractivity contribution in [1.82, 2.24) is 0 Å². The van der Waals surface area contributed by atoms with E-state index in [1.807, 2.05) is 6.92 Å². The Morgan fingerprint density at radius 3 is 2.38 bits per heavy atom. The second-order valence-corrected chi connectivity index (χ2v) is 2.38. The smallest absolute Gasteiger partial charge is 0.00608 e. The first-order chi connectivity index (χ1) is 3.66. The lowest BCUT2D eigenvalue weighted by Gasteiger charge is -2.03. The van der Waals surface area contributed by atoms with Crippen LogP contribution in [-0.2, 0) is 0 Å². The van der Waals surface area contributed by atoms with Gasteiger partial charge in [-0.2, -0.15) is 0 Å². The normalized spacial score (nSPS) is 13.4. The first kappa shape index (κ1) is 7.67. The summed E-state index contributed by atoms with van der Waals surface area (Å²) in [6.07, 6.45) is 1.85. The van der Waals surface area contributed by atoms with Gasteiger partial charge in [-0.25, -0.2) is 0 Å². The molecule has 0 bridgehead atoms. The maximum Gasteiger partial charge on any atom is 0.00608 e. The van der Waals surface area contributed by atoms with Crippen molar-refractivity contribution in [1.29, 1.82) is 5.41 Å². The molecule has 0 rings (SSSR count). The summed E-state index contributed by atoms with van der Waals surface area (Å²) in [7, 11) is 0. The lowest BCUT2D eigenvalue weighted by molar-refractivity contribution is 0.615. The molecule has 1 atom stereocenters. The molecule has 0 spiro atoms. The van der Waals surface area contributed by atoms with Crippen LogP contribution in [0.2, 0.25) is 0 Å². The van der Waals surface area contributed by atoms with Crippen LogP contribution in [0.15, 0.2) is 0 Å². The van der Waals surface area contributed by atoms with E-state index in [-0.39, 0.29) is 0 Å². The van der Waals surface area contributed by atoms with E-state index in [1.54, 1.807) is 0 Å². The van der Waals surface area contributed by atoms with E-state index in [2.05, 4.69) is 13.8 Å². The van der Waals surface area contributed by atoms with Crippen molar-refractivity contribution in [2.24, 2.45) is 5.92 Å². The van der Waals surface area contributed by atoms with Crippen LogP contribution in [0.4, 0.5) is 0 Å². The Morgan fingerprint density at radius 2 is 2.25 bits per heavy atom. The van der Waals surface area contributed by atoms with Crippen molar-refractivity contribution in [2.75, 3.05) is 0 Å². The Kier molecular flexibility index (Phi) is 3.49. The van der Waals surface area contributed by atoms with Gasteiger partial charge in [-0.1, -0.05) is 20.3 Å². The highest BCUT2D eigenvalue weighted by molar-refractivity contribution is 5.78. The Labute approximate surface area is 51.6 Å². The fourth-order valence-corrected chi connectivity index (χ4v) is 0.625. The molecule has 8 heavy (non-hydrogen) atoms. The number of rotatable bonds is 3. The summed E-state index contributed by atoms with van der Waals surface area (Å²) in [5, 5.41) is 7.10. The minimum Gasteiger partial charge on any atom is -0.310 e. The van der Waals surface area contributed by atoms with Crippen molar-refractivity contribution in [3.8, 4) is 0 Å². The number of hydrogen-bond donors (Lipinski definition) is 1. The standard InChI is InChI=1S/C7H14N/c1-4-6(2)5-7(3)8/h6,8H,1,4-5H2,2-3H3. The highest BCUT2D eigenvalue weighted by Gasteiger charge is 1.97. The lowest BCUT2D eigenvalue weighted by atomic mass is 10.0. The van der Waals surface area contributed by atoms with E-state index in [0.29, 0.717) is 5.92 Å². The van der Waals surface area contributed by atoms with Gasteiger partial charge < -0.3 is 5.41 Å². The summed E-state index contributed by atoms with van der Waals surface area (Å²) >= 11 is 0. The molecule has 1 unspecified atom stereocenters.